The molecule has 0 atom stereocenters. The number of fused-ring (bicyclic) bond motifs is 1. The highest BCUT2D eigenvalue weighted by atomic mass is 16.5. The summed E-state index contributed by atoms with van der Waals surface area (Å²) in [6.07, 6.45) is 4.81. The number of anilines is 1. The van der Waals surface area contributed by atoms with Gasteiger partial charge in [0.1, 0.15) is 30.5 Å². The van der Waals surface area contributed by atoms with Gasteiger partial charge in [-0.15, -0.1) is 0 Å². The first-order chi connectivity index (χ1) is 14.3. The van der Waals surface area contributed by atoms with Gasteiger partial charge in [-0.2, -0.15) is 5.10 Å². The fraction of sp³-hybridized carbons (Fsp3) is 0.263. The van der Waals surface area contributed by atoms with E-state index in [1.807, 2.05) is 35.2 Å². The number of benzene rings is 1. The molecule has 1 aliphatic rings. The summed E-state index contributed by atoms with van der Waals surface area (Å²) in [4.78, 5) is 29.3. The molecule has 1 aliphatic heterocycles. The number of hydrogen-bond donors (Lipinski definition) is 0. The lowest BCUT2D eigenvalue weighted by atomic mass is 10.1. The molecule has 1 saturated heterocycles. The molecule has 0 N–H and O–H groups in total. The largest absolute Gasteiger partial charge is 0.356 e. The third kappa shape index (κ3) is 3.40. The topological polar surface area (TPSA) is 106 Å². The number of carbonyl (C=O) groups is 1. The van der Waals surface area contributed by atoms with Crippen molar-refractivity contribution in [3.63, 3.8) is 0 Å². The van der Waals surface area contributed by atoms with Crippen LogP contribution < -0.4 is 4.90 Å². The van der Waals surface area contributed by atoms with Crippen molar-refractivity contribution in [2.24, 2.45) is 0 Å². The number of aromatic nitrogens is 6. The Morgan fingerprint density at radius 1 is 1.03 bits per heavy atom. The Morgan fingerprint density at radius 3 is 2.69 bits per heavy atom. The molecule has 0 spiro atoms. The van der Waals surface area contributed by atoms with Gasteiger partial charge >= 0.3 is 0 Å². The van der Waals surface area contributed by atoms with Crippen molar-refractivity contribution in [2.75, 3.05) is 31.1 Å². The minimum absolute atomic E-state index is 0.0506. The Morgan fingerprint density at radius 2 is 1.86 bits per heavy atom. The minimum atomic E-state index is 0.0506. The van der Waals surface area contributed by atoms with Gasteiger partial charge in [0.25, 0.3) is 0 Å². The first-order valence-corrected chi connectivity index (χ1v) is 9.31. The Labute approximate surface area is 165 Å². The van der Waals surface area contributed by atoms with Crippen LogP contribution in [0.25, 0.3) is 16.8 Å². The van der Waals surface area contributed by atoms with Gasteiger partial charge in [0.2, 0.25) is 5.91 Å². The Balaban J connectivity index is 1.23. The Hall–Kier alpha value is -3.82. The van der Waals surface area contributed by atoms with E-state index in [1.165, 1.54) is 12.7 Å². The molecule has 5 rings (SSSR count). The third-order valence-corrected chi connectivity index (χ3v) is 5.02. The monoisotopic (exact) mass is 390 g/mol. The van der Waals surface area contributed by atoms with E-state index < -0.39 is 0 Å². The van der Waals surface area contributed by atoms with E-state index in [0.717, 1.165) is 11.2 Å². The van der Waals surface area contributed by atoms with Crippen LogP contribution in [-0.4, -0.2) is 66.9 Å². The molecule has 3 aromatic heterocycles. The zero-order valence-corrected chi connectivity index (χ0v) is 15.5. The van der Waals surface area contributed by atoms with E-state index in [1.54, 1.807) is 11.0 Å². The molecule has 1 fully saturated rings. The lowest BCUT2D eigenvalue weighted by Crippen LogP contribution is -2.49. The predicted molar refractivity (Wildman–Crippen MR) is 103 cm³/mol. The number of para-hydroxylation sites is 1. The van der Waals surface area contributed by atoms with Gasteiger partial charge in [0, 0.05) is 37.6 Å². The molecule has 4 heterocycles. The van der Waals surface area contributed by atoms with Crippen LogP contribution in [0.3, 0.4) is 0 Å². The quantitative estimate of drug-likeness (QED) is 0.510. The van der Waals surface area contributed by atoms with Crippen molar-refractivity contribution < 1.29 is 9.32 Å². The number of carbonyl (C=O) groups excluding carboxylic acids is 1. The van der Waals surface area contributed by atoms with E-state index in [4.69, 9.17) is 4.52 Å². The van der Waals surface area contributed by atoms with Crippen molar-refractivity contribution in [1.29, 1.82) is 0 Å². The first-order valence-electron chi connectivity index (χ1n) is 9.31. The summed E-state index contributed by atoms with van der Waals surface area (Å²) in [5, 5.41) is 9.05. The summed E-state index contributed by atoms with van der Waals surface area (Å²) < 4.78 is 6.89. The highest BCUT2D eigenvalue weighted by Gasteiger charge is 2.24. The zero-order chi connectivity index (χ0) is 19.6. The number of rotatable bonds is 4. The Kier molecular flexibility index (Phi) is 4.35. The smallest absolute Gasteiger partial charge is 0.228 e. The predicted octanol–water partition coefficient (Wildman–Crippen LogP) is 1.09. The molecule has 0 radical (unpaired) electrons. The van der Waals surface area contributed by atoms with Gasteiger partial charge < -0.3 is 14.3 Å². The van der Waals surface area contributed by atoms with Crippen LogP contribution in [0.15, 0.2) is 53.8 Å². The van der Waals surface area contributed by atoms with Crippen molar-refractivity contribution in [3.8, 4) is 5.82 Å². The third-order valence-electron chi connectivity index (χ3n) is 5.02. The first kappa shape index (κ1) is 17.3. The molecule has 10 heteroatoms. The molecule has 0 unspecified atom stereocenters. The standard InChI is InChI=1S/C19H18N8O2/c28-19(9-15-14-3-1-2-4-16(14)29-24-15)26-7-5-25(6-8-26)17-10-18(22-12-21-17)27-13-20-11-23-27/h1-4,10-13H,5-9H2. The summed E-state index contributed by atoms with van der Waals surface area (Å²) in [6.45, 7) is 2.63. The van der Waals surface area contributed by atoms with Gasteiger partial charge in [0.05, 0.1) is 6.42 Å². The van der Waals surface area contributed by atoms with Gasteiger partial charge in [-0.05, 0) is 12.1 Å². The molecule has 1 aromatic carbocycles. The van der Waals surface area contributed by atoms with Crippen LogP contribution in [-0.2, 0) is 11.2 Å². The van der Waals surface area contributed by atoms with E-state index >= 15 is 0 Å². The average molecular weight is 390 g/mol. The van der Waals surface area contributed by atoms with Gasteiger partial charge in [-0.3, -0.25) is 4.79 Å². The molecule has 0 saturated carbocycles. The van der Waals surface area contributed by atoms with E-state index in [0.29, 0.717) is 43.3 Å². The van der Waals surface area contributed by atoms with Crippen molar-refractivity contribution in [3.05, 3.63) is 55.0 Å². The fourth-order valence-electron chi connectivity index (χ4n) is 3.47. The maximum atomic E-state index is 12.7. The second-order valence-corrected chi connectivity index (χ2v) is 6.74. The number of amides is 1. The van der Waals surface area contributed by atoms with Crippen LogP contribution in [0.5, 0.6) is 0 Å². The van der Waals surface area contributed by atoms with Gasteiger partial charge in [-0.25, -0.2) is 19.6 Å². The second-order valence-electron chi connectivity index (χ2n) is 6.74. The molecule has 1 amide bonds. The summed E-state index contributed by atoms with van der Waals surface area (Å²) >= 11 is 0. The lowest BCUT2D eigenvalue weighted by Gasteiger charge is -2.35. The molecule has 146 valence electrons. The average Bonchev–Trinajstić information content (AvgIpc) is 3.45. The van der Waals surface area contributed by atoms with Crippen LogP contribution in [0.2, 0.25) is 0 Å². The molecular weight excluding hydrogens is 372 g/mol. The SMILES string of the molecule is O=C(Cc1noc2ccccc12)N1CCN(c2cc(-n3cncn3)ncn2)CC1. The van der Waals surface area contributed by atoms with Crippen LogP contribution >= 0.6 is 0 Å². The van der Waals surface area contributed by atoms with Crippen molar-refractivity contribution in [2.45, 2.75) is 6.42 Å². The molecule has 0 bridgehead atoms. The summed E-state index contributed by atoms with van der Waals surface area (Å²) in [7, 11) is 0. The van der Waals surface area contributed by atoms with Gasteiger partial charge in [-0.1, -0.05) is 17.3 Å². The van der Waals surface area contributed by atoms with E-state index in [9.17, 15) is 4.79 Å². The lowest BCUT2D eigenvalue weighted by molar-refractivity contribution is -0.130. The summed E-state index contributed by atoms with van der Waals surface area (Å²) in [6, 6.07) is 9.45. The van der Waals surface area contributed by atoms with E-state index in [-0.39, 0.29) is 12.3 Å². The van der Waals surface area contributed by atoms with E-state index in [2.05, 4.69) is 30.1 Å². The molecular formula is C19H18N8O2. The molecule has 0 aliphatic carbocycles. The maximum absolute atomic E-state index is 12.7. The highest BCUT2D eigenvalue weighted by Crippen LogP contribution is 2.20. The number of nitrogens with zero attached hydrogens (tertiary/aromatic N) is 8. The van der Waals surface area contributed by atoms with Crippen molar-refractivity contribution >= 4 is 22.7 Å². The maximum Gasteiger partial charge on any atom is 0.228 e. The number of hydrogen-bond acceptors (Lipinski definition) is 8. The zero-order valence-electron chi connectivity index (χ0n) is 15.5. The highest BCUT2D eigenvalue weighted by molar-refractivity contribution is 5.86. The Bertz CT molecular complexity index is 1130. The number of piperazine rings is 1. The summed E-state index contributed by atoms with van der Waals surface area (Å²) in [5.41, 5.74) is 1.38. The van der Waals surface area contributed by atoms with Crippen LogP contribution in [0.1, 0.15) is 5.69 Å². The summed E-state index contributed by atoms with van der Waals surface area (Å²) in [5.74, 6) is 1.51. The van der Waals surface area contributed by atoms with Crippen molar-refractivity contribution in [1.82, 2.24) is 34.8 Å². The van der Waals surface area contributed by atoms with Crippen LogP contribution in [0.4, 0.5) is 5.82 Å². The molecule has 10 nitrogen and oxygen atoms in total. The van der Waals surface area contributed by atoms with Gasteiger partial charge in [0.15, 0.2) is 11.4 Å². The fourth-order valence-corrected chi connectivity index (χ4v) is 3.47. The van der Waals surface area contributed by atoms with Crippen LogP contribution in [0, 0.1) is 0 Å². The normalized spacial score (nSPS) is 14.5. The molecule has 4 aromatic rings. The second kappa shape index (κ2) is 7.30. The minimum Gasteiger partial charge on any atom is -0.356 e. The molecule has 29 heavy (non-hydrogen) atoms.